The molecule has 1 aliphatic rings. The molecule has 1 aliphatic heterocycles. The maximum atomic E-state index is 12.8. The zero-order valence-corrected chi connectivity index (χ0v) is 13.2. The van der Waals surface area contributed by atoms with Crippen LogP contribution in [0.4, 0.5) is 0 Å². The average molecular weight is 297 g/mol. The summed E-state index contributed by atoms with van der Waals surface area (Å²) in [6.45, 7) is 6.05. The number of hydrogen-bond acceptors (Lipinski definition) is 4. The lowest BCUT2D eigenvalue weighted by atomic mass is 10.2. The third-order valence-corrected chi connectivity index (χ3v) is 5.93. The maximum Gasteiger partial charge on any atom is 0.243 e. The molecular weight excluding hydrogens is 274 g/mol. The summed E-state index contributed by atoms with van der Waals surface area (Å²) in [5.74, 6) is 0. The molecule has 1 unspecified atom stereocenters. The number of rotatable bonds is 3. The Hall–Kier alpha value is -0.950. The van der Waals surface area contributed by atoms with Crippen molar-refractivity contribution in [3.8, 4) is 0 Å². The summed E-state index contributed by atoms with van der Waals surface area (Å²) in [4.78, 5) is 2.51. The summed E-state index contributed by atoms with van der Waals surface area (Å²) in [6.07, 6.45) is 0. The van der Waals surface area contributed by atoms with E-state index in [1.807, 2.05) is 33.0 Å². The van der Waals surface area contributed by atoms with Crippen molar-refractivity contribution in [2.75, 3.05) is 33.2 Å². The van der Waals surface area contributed by atoms with Crippen LogP contribution in [0.3, 0.4) is 0 Å². The summed E-state index contributed by atoms with van der Waals surface area (Å²) in [7, 11) is -1.48. The van der Waals surface area contributed by atoms with Crippen LogP contribution in [0.15, 0.2) is 23.1 Å². The molecule has 20 heavy (non-hydrogen) atoms. The summed E-state index contributed by atoms with van der Waals surface area (Å²) in [5, 5.41) is 0. The Morgan fingerprint density at radius 1 is 1.30 bits per heavy atom. The van der Waals surface area contributed by atoms with E-state index in [0.717, 1.165) is 17.7 Å². The molecule has 0 saturated carbocycles. The topological polar surface area (TPSA) is 66.6 Å². The first-order chi connectivity index (χ1) is 9.36. The van der Waals surface area contributed by atoms with Gasteiger partial charge in [-0.05, 0) is 32.5 Å². The summed E-state index contributed by atoms with van der Waals surface area (Å²) < 4.78 is 27.3. The summed E-state index contributed by atoms with van der Waals surface area (Å²) in [5.41, 5.74) is 7.62. The molecule has 1 atom stereocenters. The molecule has 1 aromatic rings. The lowest BCUT2D eigenvalue weighted by Gasteiger charge is -2.38. The molecule has 0 aliphatic carbocycles. The molecule has 0 radical (unpaired) electrons. The fourth-order valence-electron chi connectivity index (χ4n) is 2.72. The number of aryl methyl sites for hydroxylation is 2. The quantitative estimate of drug-likeness (QED) is 0.885. The summed E-state index contributed by atoms with van der Waals surface area (Å²) in [6, 6.07) is 5.29. The van der Waals surface area contributed by atoms with E-state index in [2.05, 4.69) is 4.90 Å². The fourth-order valence-corrected chi connectivity index (χ4v) is 4.54. The predicted molar refractivity (Wildman–Crippen MR) is 80.1 cm³/mol. The van der Waals surface area contributed by atoms with Gasteiger partial charge in [-0.2, -0.15) is 4.31 Å². The molecule has 2 rings (SSSR count). The van der Waals surface area contributed by atoms with Gasteiger partial charge in [0.25, 0.3) is 0 Å². The molecule has 0 amide bonds. The van der Waals surface area contributed by atoms with E-state index >= 15 is 0 Å². The van der Waals surface area contributed by atoms with Crippen molar-refractivity contribution in [2.24, 2.45) is 5.73 Å². The van der Waals surface area contributed by atoms with Crippen LogP contribution in [0.25, 0.3) is 0 Å². The van der Waals surface area contributed by atoms with E-state index in [9.17, 15) is 8.42 Å². The van der Waals surface area contributed by atoms with Gasteiger partial charge in [0.2, 0.25) is 10.0 Å². The second kappa shape index (κ2) is 5.81. The van der Waals surface area contributed by atoms with Crippen LogP contribution >= 0.6 is 0 Å². The van der Waals surface area contributed by atoms with Gasteiger partial charge in [-0.15, -0.1) is 0 Å². The normalized spacial score (nSPS) is 22.1. The van der Waals surface area contributed by atoms with E-state index in [1.54, 1.807) is 10.4 Å². The average Bonchev–Trinajstić information content (AvgIpc) is 2.37. The third kappa shape index (κ3) is 2.88. The SMILES string of the molecule is Cc1ccc(S(=O)(=O)N2CCN(C)CC2CN)c(C)c1. The zero-order valence-electron chi connectivity index (χ0n) is 12.3. The molecule has 0 spiro atoms. The van der Waals surface area contributed by atoms with Crippen molar-refractivity contribution in [3.63, 3.8) is 0 Å². The minimum Gasteiger partial charge on any atom is -0.329 e. The minimum absolute atomic E-state index is 0.153. The Bertz CT molecular complexity index is 586. The Labute approximate surface area is 121 Å². The van der Waals surface area contributed by atoms with Gasteiger partial charge in [0.15, 0.2) is 0 Å². The molecule has 112 valence electrons. The molecule has 1 saturated heterocycles. The highest BCUT2D eigenvalue weighted by Gasteiger charge is 2.35. The van der Waals surface area contributed by atoms with Crippen LogP contribution in [0, 0.1) is 13.8 Å². The van der Waals surface area contributed by atoms with Crippen LogP contribution in [0.5, 0.6) is 0 Å². The second-order valence-corrected chi connectivity index (χ2v) is 7.40. The minimum atomic E-state index is -3.47. The third-order valence-electron chi connectivity index (χ3n) is 3.82. The van der Waals surface area contributed by atoms with Gasteiger partial charge in [0.05, 0.1) is 10.9 Å². The second-order valence-electron chi connectivity index (χ2n) is 5.54. The molecule has 6 heteroatoms. The zero-order chi connectivity index (χ0) is 14.9. The standard InChI is InChI=1S/C14H23N3O2S/c1-11-4-5-14(12(2)8-11)20(18,19)17-7-6-16(3)10-13(17)9-15/h4-5,8,13H,6-7,9-10,15H2,1-3H3. The van der Waals surface area contributed by atoms with Gasteiger partial charge in [-0.3, -0.25) is 0 Å². The van der Waals surface area contributed by atoms with Gasteiger partial charge in [-0.1, -0.05) is 17.7 Å². The van der Waals surface area contributed by atoms with Gasteiger partial charge in [-0.25, -0.2) is 8.42 Å². The molecule has 1 heterocycles. The smallest absolute Gasteiger partial charge is 0.243 e. The van der Waals surface area contributed by atoms with Crippen LogP contribution < -0.4 is 5.73 Å². The summed E-state index contributed by atoms with van der Waals surface area (Å²) >= 11 is 0. The number of likely N-dealkylation sites (N-methyl/N-ethyl adjacent to an activating group) is 1. The van der Waals surface area contributed by atoms with E-state index in [0.29, 0.717) is 24.5 Å². The number of hydrogen-bond donors (Lipinski definition) is 1. The van der Waals surface area contributed by atoms with Crippen LogP contribution in [0.2, 0.25) is 0 Å². The molecule has 1 fully saturated rings. The highest BCUT2D eigenvalue weighted by molar-refractivity contribution is 7.89. The van der Waals surface area contributed by atoms with E-state index in [-0.39, 0.29) is 6.04 Å². The van der Waals surface area contributed by atoms with Crippen LogP contribution in [0.1, 0.15) is 11.1 Å². The Morgan fingerprint density at radius 3 is 2.60 bits per heavy atom. The first kappa shape index (κ1) is 15.4. The molecule has 5 nitrogen and oxygen atoms in total. The first-order valence-electron chi connectivity index (χ1n) is 6.84. The monoisotopic (exact) mass is 297 g/mol. The van der Waals surface area contributed by atoms with Crippen LogP contribution in [-0.2, 0) is 10.0 Å². The first-order valence-corrected chi connectivity index (χ1v) is 8.28. The maximum absolute atomic E-state index is 12.8. The highest BCUT2D eigenvalue weighted by Crippen LogP contribution is 2.24. The number of nitrogens with two attached hydrogens (primary N) is 1. The lowest BCUT2D eigenvalue weighted by Crippen LogP contribution is -2.56. The number of nitrogens with zero attached hydrogens (tertiary/aromatic N) is 2. The lowest BCUT2D eigenvalue weighted by molar-refractivity contribution is 0.164. The van der Waals surface area contributed by atoms with Crippen molar-refractivity contribution in [1.29, 1.82) is 0 Å². The predicted octanol–water partition coefficient (Wildman–Crippen LogP) is 0.567. The molecule has 1 aromatic carbocycles. The Kier molecular flexibility index (Phi) is 4.49. The van der Waals surface area contributed by atoms with Crippen molar-refractivity contribution in [3.05, 3.63) is 29.3 Å². The number of sulfonamides is 1. The Balaban J connectivity index is 2.38. The largest absolute Gasteiger partial charge is 0.329 e. The van der Waals surface area contributed by atoms with Crippen molar-refractivity contribution in [1.82, 2.24) is 9.21 Å². The van der Waals surface area contributed by atoms with E-state index in [4.69, 9.17) is 5.73 Å². The van der Waals surface area contributed by atoms with Crippen molar-refractivity contribution >= 4 is 10.0 Å². The molecular formula is C14H23N3O2S. The fraction of sp³-hybridized carbons (Fsp3) is 0.571. The van der Waals surface area contributed by atoms with Crippen molar-refractivity contribution < 1.29 is 8.42 Å². The highest BCUT2D eigenvalue weighted by atomic mass is 32.2. The van der Waals surface area contributed by atoms with Gasteiger partial charge < -0.3 is 10.6 Å². The number of piperazine rings is 1. The van der Waals surface area contributed by atoms with Gasteiger partial charge in [0.1, 0.15) is 0 Å². The van der Waals surface area contributed by atoms with Crippen LogP contribution in [-0.4, -0.2) is 56.9 Å². The number of benzene rings is 1. The molecule has 0 aromatic heterocycles. The Morgan fingerprint density at radius 2 is 2.00 bits per heavy atom. The van der Waals surface area contributed by atoms with E-state index < -0.39 is 10.0 Å². The molecule has 2 N–H and O–H groups in total. The van der Waals surface area contributed by atoms with Gasteiger partial charge in [0, 0.05) is 26.2 Å². The van der Waals surface area contributed by atoms with Gasteiger partial charge >= 0.3 is 0 Å². The molecule has 0 bridgehead atoms. The van der Waals surface area contributed by atoms with Crippen molar-refractivity contribution in [2.45, 2.75) is 24.8 Å². The van der Waals surface area contributed by atoms with E-state index in [1.165, 1.54) is 0 Å².